The van der Waals surface area contributed by atoms with E-state index < -0.39 is 10.0 Å². The first-order chi connectivity index (χ1) is 13.8. The van der Waals surface area contributed by atoms with Gasteiger partial charge in [-0.05, 0) is 55.7 Å². The molecular weight excluding hydrogens is 406 g/mol. The zero-order valence-corrected chi connectivity index (χ0v) is 18.4. The van der Waals surface area contributed by atoms with Gasteiger partial charge in [0.1, 0.15) is 4.90 Å². The number of sulfonamides is 1. The molecule has 0 saturated heterocycles. The van der Waals surface area contributed by atoms with Gasteiger partial charge < -0.3 is 10.2 Å². The van der Waals surface area contributed by atoms with E-state index in [1.807, 2.05) is 43.0 Å². The Bertz CT molecular complexity index is 1050. The summed E-state index contributed by atoms with van der Waals surface area (Å²) in [5.74, 6) is -0.126. The zero-order valence-electron chi connectivity index (χ0n) is 16.8. The second kappa shape index (κ2) is 9.00. The molecule has 0 aromatic heterocycles. The van der Waals surface area contributed by atoms with Gasteiger partial charge in [0.25, 0.3) is 10.0 Å². The first-order valence-corrected chi connectivity index (χ1v) is 12.0. The van der Waals surface area contributed by atoms with Gasteiger partial charge in [0.2, 0.25) is 5.91 Å². The van der Waals surface area contributed by atoms with Gasteiger partial charge in [0.15, 0.2) is 5.17 Å². The highest BCUT2D eigenvalue weighted by molar-refractivity contribution is 8.15. The molecule has 0 fully saturated rings. The third-order valence-electron chi connectivity index (χ3n) is 4.72. The molecule has 0 spiro atoms. The standard InChI is InChI=1S/C21H25N3O3S2/c1-4-5-12-24-18-8-6-7-9-19(18)29(26,27)23-21(24)28-14-20(25)22-17-11-10-15(2)16(3)13-17/h6-11,13H,4-5,12,14H2,1-3H3,(H,22,25). The van der Waals surface area contributed by atoms with Crippen LogP contribution in [-0.4, -0.2) is 31.8 Å². The fraction of sp³-hybridized carbons (Fsp3) is 0.333. The molecule has 6 nitrogen and oxygen atoms in total. The molecule has 0 radical (unpaired) electrons. The molecule has 1 N–H and O–H groups in total. The molecule has 1 heterocycles. The minimum absolute atomic E-state index is 0.0755. The number of hydrogen-bond donors (Lipinski definition) is 1. The number of thioether (sulfide) groups is 1. The quantitative estimate of drug-likeness (QED) is 0.736. The zero-order chi connectivity index (χ0) is 21.0. The van der Waals surface area contributed by atoms with E-state index in [0.29, 0.717) is 17.4 Å². The van der Waals surface area contributed by atoms with Crippen LogP contribution in [0.3, 0.4) is 0 Å². The highest BCUT2D eigenvalue weighted by Gasteiger charge is 2.30. The van der Waals surface area contributed by atoms with Crippen molar-refractivity contribution in [1.29, 1.82) is 0 Å². The molecule has 0 unspecified atom stereocenters. The van der Waals surface area contributed by atoms with E-state index in [1.165, 1.54) is 0 Å². The second-order valence-electron chi connectivity index (χ2n) is 6.96. The fourth-order valence-corrected chi connectivity index (χ4v) is 5.26. The van der Waals surface area contributed by atoms with E-state index in [-0.39, 0.29) is 16.6 Å². The number of rotatable bonds is 6. The van der Waals surface area contributed by atoms with Gasteiger partial charge >= 0.3 is 0 Å². The number of amides is 1. The van der Waals surface area contributed by atoms with Crippen LogP contribution in [0.5, 0.6) is 0 Å². The molecule has 1 amide bonds. The van der Waals surface area contributed by atoms with Gasteiger partial charge in [-0.25, -0.2) is 0 Å². The van der Waals surface area contributed by atoms with E-state index >= 15 is 0 Å². The number of anilines is 2. The van der Waals surface area contributed by atoms with Gasteiger partial charge in [-0.2, -0.15) is 8.42 Å². The maximum absolute atomic E-state index is 12.6. The van der Waals surface area contributed by atoms with Crippen LogP contribution >= 0.6 is 11.8 Å². The van der Waals surface area contributed by atoms with E-state index in [0.717, 1.165) is 41.4 Å². The maximum atomic E-state index is 12.6. The minimum Gasteiger partial charge on any atom is -0.325 e. The molecule has 2 aromatic rings. The lowest BCUT2D eigenvalue weighted by Gasteiger charge is -2.30. The van der Waals surface area contributed by atoms with Gasteiger partial charge in [0, 0.05) is 12.2 Å². The SMILES string of the molecule is CCCCN1C(SCC(=O)Nc2ccc(C)c(C)c2)=NS(=O)(=O)c2ccccc21. The lowest BCUT2D eigenvalue weighted by atomic mass is 10.1. The van der Waals surface area contributed by atoms with Crippen LogP contribution in [0.2, 0.25) is 0 Å². The molecule has 29 heavy (non-hydrogen) atoms. The van der Waals surface area contributed by atoms with Crippen molar-refractivity contribution in [2.75, 3.05) is 22.5 Å². The number of carbonyl (C=O) groups is 1. The molecule has 8 heteroatoms. The Morgan fingerprint density at radius 1 is 1.14 bits per heavy atom. The lowest BCUT2D eigenvalue weighted by molar-refractivity contribution is -0.113. The van der Waals surface area contributed by atoms with Crippen molar-refractivity contribution >= 4 is 44.2 Å². The topological polar surface area (TPSA) is 78.8 Å². The predicted octanol–water partition coefficient (Wildman–Crippen LogP) is 4.34. The average Bonchev–Trinajstić information content (AvgIpc) is 2.68. The number of hydrogen-bond acceptors (Lipinski definition) is 5. The molecule has 0 aliphatic carbocycles. The number of nitrogens with one attached hydrogen (secondary N) is 1. The summed E-state index contributed by atoms with van der Waals surface area (Å²) < 4.78 is 29.2. The van der Waals surface area contributed by atoms with Crippen LogP contribution < -0.4 is 10.2 Å². The number of unbranched alkanes of at least 4 members (excludes halogenated alkanes) is 1. The Kier molecular flexibility index (Phi) is 6.64. The Balaban J connectivity index is 1.76. The van der Waals surface area contributed by atoms with E-state index in [2.05, 4.69) is 16.6 Å². The van der Waals surface area contributed by atoms with E-state index in [1.54, 1.807) is 18.2 Å². The molecule has 1 aliphatic heterocycles. The van der Waals surface area contributed by atoms with Crippen molar-refractivity contribution < 1.29 is 13.2 Å². The van der Waals surface area contributed by atoms with Crippen LogP contribution in [0, 0.1) is 13.8 Å². The summed E-state index contributed by atoms with van der Waals surface area (Å²) in [7, 11) is -3.77. The molecule has 0 atom stereocenters. The highest BCUT2D eigenvalue weighted by atomic mass is 32.2. The van der Waals surface area contributed by atoms with Gasteiger partial charge in [0.05, 0.1) is 11.4 Å². The van der Waals surface area contributed by atoms with Crippen molar-refractivity contribution in [2.24, 2.45) is 4.40 Å². The Hall–Kier alpha value is -2.32. The normalized spacial score (nSPS) is 14.9. The van der Waals surface area contributed by atoms with Crippen molar-refractivity contribution in [3.05, 3.63) is 53.6 Å². The van der Waals surface area contributed by atoms with Crippen LogP contribution in [0.25, 0.3) is 0 Å². The lowest BCUT2D eigenvalue weighted by Crippen LogP contribution is -2.35. The third kappa shape index (κ3) is 5.00. The average molecular weight is 432 g/mol. The Morgan fingerprint density at radius 2 is 1.90 bits per heavy atom. The van der Waals surface area contributed by atoms with E-state index in [9.17, 15) is 13.2 Å². The first kappa shape index (κ1) is 21.4. The predicted molar refractivity (Wildman–Crippen MR) is 120 cm³/mol. The van der Waals surface area contributed by atoms with Crippen molar-refractivity contribution in [3.8, 4) is 0 Å². The van der Waals surface area contributed by atoms with Crippen LogP contribution in [-0.2, 0) is 14.8 Å². The van der Waals surface area contributed by atoms with Gasteiger partial charge in [-0.1, -0.05) is 43.3 Å². The monoisotopic (exact) mass is 431 g/mol. The second-order valence-corrected chi connectivity index (χ2v) is 9.47. The number of nitrogens with zero attached hydrogens (tertiary/aromatic N) is 2. The van der Waals surface area contributed by atoms with Gasteiger partial charge in [-0.3, -0.25) is 4.79 Å². The summed E-state index contributed by atoms with van der Waals surface area (Å²) in [5, 5.41) is 3.20. The van der Waals surface area contributed by atoms with E-state index in [4.69, 9.17) is 0 Å². The molecule has 3 rings (SSSR count). The third-order valence-corrected chi connectivity index (χ3v) is 7.13. The number of aryl methyl sites for hydroxylation is 2. The van der Waals surface area contributed by atoms with Crippen LogP contribution in [0.1, 0.15) is 30.9 Å². The molecular formula is C21H25N3O3S2. The summed E-state index contributed by atoms with van der Waals surface area (Å²) >= 11 is 1.14. The highest BCUT2D eigenvalue weighted by Crippen LogP contribution is 2.34. The largest absolute Gasteiger partial charge is 0.325 e. The van der Waals surface area contributed by atoms with Gasteiger partial charge in [-0.15, -0.1) is 4.40 Å². The minimum atomic E-state index is -3.77. The fourth-order valence-electron chi connectivity index (χ4n) is 2.99. The summed E-state index contributed by atoms with van der Waals surface area (Å²) in [6.45, 7) is 6.73. The number of carbonyl (C=O) groups excluding carboxylic acids is 1. The Labute approximate surface area is 176 Å². The first-order valence-electron chi connectivity index (χ1n) is 9.53. The number of benzene rings is 2. The van der Waals surface area contributed by atoms with Crippen LogP contribution in [0.15, 0.2) is 51.8 Å². The molecule has 154 valence electrons. The van der Waals surface area contributed by atoms with Crippen molar-refractivity contribution in [2.45, 2.75) is 38.5 Å². The molecule has 1 aliphatic rings. The summed E-state index contributed by atoms with van der Waals surface area (Å²) in [6.07, 6.45) is 1.86. The Morgan fingerprint density at radius 3 is 2.62 bits per heavy atom. The summed E-state index contributed by atoms with van der Waals surface area (Å²) in [6, 6.07) is 12.6. The number of para-hydroxylation sites is 1. The number of fused-ring (bicyclic) bond motifs is 1. The molecule has 0 saturated carbocycles. The smallest absolute Gasteiger partial charge is 0.286 e. The summed E-state index contributed by atoms with van der Waals surface area (Å²) in [4.78, 5) is 14.5. The van der Waals surface area contributed by atoms with Crippen molar-refractivity contribution in [3.63, 3.8) is 0 Å². The molecule has 0 bridgehead atoms. The number of amidine groups is 1. The maximum Gasteiger partial charge on any atom is 0.286 e. The molecule has 2 aromatic carbocycles. The van der Waals surface area contributed by atoms with Crippen LogP contribution in [0.4, 0.5) is 11.4 Å². The van der Waals surface area contributed by atoms with Crippen molar-refractivity contribution in [1.82, 2.24) is 0 Å². The summed E-state index contributed by atoms with van der Waals surface area (Å²) in [5.41, 5.74) is 3.60.